The first-order chi connectivity index (χ1) is 15.4. The lowest BCUT2D eigenvalue weighted by Crippen LogP contribution is -2.41. The van der Waals surface area contributed by atoms with E-state index < -0.39 is 0 Å². The SMILES string of the molecule is CCCNC(=O)N(Cc1c(C)nn(-c2cccc(Cl)c2)c1Oc1ccccc1)CC(C)C. The van der Waals surface area contributed by atoms with Crippen LogP contribution in [0.25, 0.3) is 5.69 Å². The van der Waals surface area contributed by atoms with E-state index in [1.54, 1.807) is 4.68 Å². The summed E-state index contributed by atoms with van der Waals surface area (Å²) in [6.45, 7) is 9.84. The molecule has 0 aliphatic carbocycles. The molecule has 3 rings (SSSR count). The molecule has 0 saturated carbocycles. The fourth-order valence-corrected chi connectivity index (χ4v) is 3.59. The topological polar surface area (TPSA) is 59.4 Å². The van der Waals surface area contributed by atoms with E-state index in [1.807, 2.05) is 73.3 Å². The molecule has 170 valence electrons. The molecule has 0 fully saturated rings. The molecule has 1 N–H and O–H groups in total. The van der Waals surface area contributed by atoms with Crippen LogP contribution in [0.15, 0.2) is 54.6 Å². The number of hydrogen-bond donors (Lipinski definition) is 1. The van der Waals surface area contributed by atoms with Gasteiger partial charge in [-0.15, -0.1) is 0 Å². The van der Waals surface area contributed by atoms with Gasteiger partial charge in [0.25, 0.3) is 0 Å². The predicted octanol–water partition coefficient (Wildman–Crippen LogP) is 6.20. The van der Waals surface area contributed by atoms with Crippen molar-refractivity contribution in [1.29, 1.82) is 0 Å². The monoisotopic (exact) mass is 454 g/mol. The molecule has 2 amide bonds. The van der Waals surface area contributed by atoms with Gasteiger partial charge in [0, 0.05) is 18.1 Å². The van der Waals surface area contributed by atoms with E-state index in [0.717, 1.165) is 23.4 Å². The lowest BCUT2D eigenvalue weighted by Gasteiger charge is -2.25. The van der Waals surface area contributed by atoms with Gasteiger partial charge in [-0.2, -0.15) is 5.10 Å². The maximum Gasteiger partial charge on any atom is 0.317 e. The number of ether oxygens (including phenoxy) is 1. The summed E-state index contributed by atoms with van der Waals surface area (Å²) in [6.07, 6.45) is 0.884. The fraction of sp³-hybridized carbons (Fsp3) is 0.360. The van der Waals surface area contributed by atoms with Crippen molar-refractivity contribution in [3.05, 3.63) is 70.9 Å². The number of rotatable bonds is 9. The van der Waals surface area contributed by atoms with E-state index >= 15 is 0 Å². The van der Waals surface area contributed by atoms with Crippen molar-refractivity contribution >= 4 is 17.6 Å². The van der Waals surface area contributed by atoms with Crippen LogP contribution < -0.4 is 10.1 Å². The third-order valence-electron chi connectivity index (χ3n) is 4.90. The second-order valence-corrected chi connectivity index (χ2v) is 8.62. The van der Waals surface area contributed by atoms with Gasteiger partial charge < -0.3 is 15.0 Å². The maximum atomic E-state index is 12.9. The van der Waals surface area contributed by atoms with Crippen LogP contribution in [-0.4, -0.2) is 33.8 Å². The first-order valence-corrected chi connectivity index (χ1v) is 11.4. The Bertz CT molecular complexity index is 1030. The fourth-order valence-electron chi connectivity index (χ4n) is 3.40. The molecular formula is C25H31ClN4O2. The average Bonchev–Trinajstić information content (AvgIpc) is 3.07. The predicted molar refractivity (Wildman–Crippen MR) is 129 cm³/mol. The van der Waals surface area contributed by atoms with Gasteiger partial charge in [0.05, 0.1) is 23.5 Å². The van der Waals surface area contributed by atoms with Crippen LogP contribution in [0.5, 0.6) is 11.6 Å². The van der Waals surface area contributed by atoms with Crippen molar-refractivity contribution in [1.82, 2.24) is 20.0 Å². The second kappa shape index (κ2) is 11.0. The van der Waals surface area contributed by atoms with Crippen LogP contribution in [0.2, 0.25) is 5.02 Å². The minimum absolute atomic E-state index is 0.0823. The molecule has 0 aliphatic heterocycles. The summed E-state index contributed by atoms with van der Waals surface area (Å²) < 4.78 is 8.07. The first-order valence-electron chi connectivity index (χ1n) is 11.0. The van der Waals surface area contributed by atoms with Gasteiger partial charge in [-0.3, -0.25) is 0 Å². The molecule has 0 radical (unpaired) electrons. The molecule has 32 heavy (non-hydrogen) atoms. The Kier molecular flexibility index (Phi) is 8.17. The molecule has 1 aromatic heterocycles. The number of amides is 2. The summed E-state index contributed by atoms with van der Waals surface area (Å²) in [5, 5.41) is 8.35. The van der Waals surface area contributed by atoms with E-state index in [0.29, 0.717) is 42.2 Å². The normalized spacial score (nSPS) is 10.9. The number of nitrogens with zero attached hydrogens (tertiary/aromatic N) is 3. The lowest BCUT2D eigenvalue weighted by atomic mass is 10.1. The Labute approximate surface area is 195 Å². The van der Waals surface area contributed by atoms with Crippen molar-refractivity contribution in [2.24, 2.45) is 5.92 Å². The molecule has 0 saturated heterocycles. The average molecular weight is 455 g/mol. The molecule has 0 atom stereocenters. The Morgan fingerprint density at radius 1 is 1.19 bits per heavy atom. The second-order valence-electron chi connectivity index (χ2n) is 8.18. The minimum Gasteiger partial charge on any atom is -0.439 e. The van der Waals surface area contributed by atoms with Crippen molar-refractivity contribution in [3.63, 3.8) is 0 Å². The summed E-state index contributed by atoms with van der Waals surface area (Å²) in [5.41, 5.74) is 2.46. The quantitative estimate of drug-likeness (QED) is 0.418. The molecule has 0 aliphatic rings. The van der Waals surface area contributed by atoms with Crippen molar-refractivity contribution in [3.8, 4) is 17.3 Å². The van der Waals surface area contributed by atoms with Crippen molar-refractivity contribution < 1.29 is 9.53 Å². The number of hydrogen-bond acceptors (Lipinski definition) is 3. The van der Waals surface area contributed by atoms with E-state index in [1.165, 1.54) is 0 Å². The van der Waals surface area contributed by atoms with Crippen molar-refractivity contribution in [2.45, 2.75) is 40.7 Å². The van der Waals surface area contributed by atoms with Gasteiger partial charge in [-0.05, 0) is 49.6 Å². The molecular weight excluding hydrogens is 424 g/mol. The Balaban J connectivity index is 2.04. The van der Waals surface area contributed by atoms with E-state index in [2.05, 4.69) is 19.2 Å². The number of benzene rings is 2. The van der Waals surface area contributed by atoms with Gasteiger partial charge in [-0.1, -0.05) is 56.6 Å². The van der Waals surface area contributed by atoms with Crippen molar-refractivity contribution in [2.75, 3.05) is 13.1 Å². The molecule has 0 unspecified atom stereocenters. The van der Waals surface area contributed by atoms with Crippen LogP contribution in [-0.2, 0) is 6.54 Å². The van der Waals surface area contributed by atoms with Gasteiger partial charge in [0.15, 0.2) is 0 Å². The van der Waals surface area contributed by atoms with E-state index in [9.17, 15) is 4.79 Å². The first kappa shape index (κ1) is 23.7. The Morgan fingerprint density at radius 2 is 1.94 bits per heavy atom. The smallest absolute Gasteiger partial charge is 0.317 e. The standard InChI is InChI=1S/C25H31ClN4O2/c1-5-14-27-25(31)29(16-18(2)3)17-23-19(4)28-30(21-11-9-10-20(26)15-21)24(23)32-22-12-7-6-8-13-22/h6-13,15,18H,5,14,16-17H2,1-4H3,(H,27,31). The van der Waals surface area contributed by atoms with Gasteiger partial charge in [0.1, 0.15) is 5.75 Å². The van der Waals surface area contributed by atoms with Crippen LogP contribution >= 0.6 is 11.6 Å². The number of nitrogens with one attached hydrogen (secondary N) is 1. The Morgan fingerprint density at radius 3 is 2.59 bits per heavy atom. The van der Waals surface area contributed by atoms with E-state index in [4.69, 9.17) is 21.4 Å². The number of aromatic nitrogens is 2. The number of para-hydroxylation sites is 1. The Hall–Kier alpha value is -2.99. The zero-order chi connectivity index (χ0) is 23.1. The number of aryl methyl sites for hydroxylation is 1. The molecule has 2 aromatic carbocycles. The summed E-state index contributed by atoms with van der Waals surface area (Å²) in [7, 11) is 0. The van der Waals surface area contributed by atoms with Gasteiger partial charge >= 0.3 is 6.03 Å². The summed E-state index contributed by atoms with van der Waals surface area (Å²) >= 11 is 6.24. The van der Waals surface area contributed by atoms with E-state index in [-0.39, 0.29) is 6.03 Å². The van der Waals surface area contributed by atoms with Gasteiger partial charge in [-0.25, -0.2) is 9.48 Å². The zero-order valence-corrected chi connectivity index (χ0v) is 19.9. The molecule has 0 spiro atoms. The van der Waals surface area contributed by atoms with Crippen LogP contribution in [0, 0.1) is 12.8 Å². The summed E-state index contributed by atoms with van der Waals surface area (Å²) in [5.74, 6) is 1.60. The largest absolute Gasteiger partial charge is 0.439 e. The molecule has 3 aromatic rings. The third-order valence-corrected chi connectivity index (χ3v) is 5.13. The zero-order valence-electron chi connectivity index (χ0n) is 19.1. The molecule has 7 heteroatoms. The van der Waals surface area contributed by atoms with Crippen LogP contribution in [0.1, 0.15) is 38.4 Å². The molecule has 0 bridgehead atoms. The van der Waals surface area contributed by atoms with Crippen LogP contribution in [0.4, 0.5) is 4.79 Å². The van der Waals surface area contributed by atoms with Gasteiger partial charge in [0.2, 0.25) is 5.88 Å². The highest BCUT2D eigenvalue weighted by molar-refractivity contribution is 6.30. The lowest BCUT2D eigenvalue weighted by molar-refractivity contribution is 0.187. The molecule has 1 heterocycles. The minimum atomic E-state index is -0.0823. The van der Waals surface area contributed by atoms with Crippen LogP contribution in [0.3, 0.4) is 0 Å². The highest BCUT2D eigenvalue weighted by Crippen LogP contribution is 2.32. The number of halogens is 1. The number of carbonyl (C=O) groups excluding carboxylic acids is 1. The maximum absolute atomic E-state index is 12.9. The number of urea groups is 1. The summed E-state index contributed by atoms with van der Waals surface area (Å²) in [6, 6.07) is 17.0. The molecule has 6 nitrogen and oxygen atoms in total. The highest BCUT2D eigenvalue weighted by atomic mass is 35.5. The highest BCUT2D eigenvalue weighted by Gasteiger charge is 2.24. The third kappa shape index (κ3) is 6.04. The summed E-state index contributed by atoms with van der Waals surface area (Å²) in [4.78, 5) is 14.7. The number of carbonyl (C=O) groups is 1.